The summed E-state index contributed by atoms with van der Waals surface area (Å²) in [5.74, 6) is -1.57. The highest BCUT2D eigenvalue weighted by Gasteiger charge is 2.35. The molecular formula is C12H8F4N2O3. The SMILES string of the molecule is Cn1c(C(F)(F)F)cc(=O)n(-c2ccc(O)cc2F)c1=O. The van der Waals surface area contributed by atoms with Gasteiger partial charge in [0.15, 0.2) is 5.82 Å². The first kappa shape index (κ1) is 14.8. The van der Waals surface area contributed by atoms with Gasteiger partial charge < -0.3 is 5.11 Å². The van der Waals surface area contributed by atoms with Gasteiger partial charge in [0.2, 0.25) is 0 Å². The summed E-state index contributed by atoms with van der Waals surface area (Å²) < 4.78 is 52.1. The Bertz CT molecular complexity index is 821. The summed E-state index contributed by atoms with van der Waals surface area (Å²) in [7, 11) is 0.819. The lowest BCUT2D eigenvalue weighted by Crippen LogP contribution is -2.41. The van der Waals surface area contributed by atoms with Crippen molar-refractivity contribution in [3.8, 4) is 11.4 Å². The van der Waals surface area contributed by atoms with E-state index < -0.39 is 40.4 Å². The molecule has 0 unspecified atom stereocenters. The first-order valence-corrected chi connectivity index (χ1v) is 5.52. The average Bonchev–Trinajstić information content (AvgIpc) is 2.35. The molecule has 1 aromatic carbocycles. The molecule has 0 spiro atoms. The largest absolute Gasteiger partial charge is 0.508 e. The Hall–Kier alpha value is -2.58. The zero-order valence-electron chi connectivity index (χ0n) is 10.5. The first-order valence-electron chi connectivity index (χ1n) is 5.52. The topological polar surface area (TPSA) is 64.2 Å². The van der Waals surface area contributed by atoms with Crippen molar-refractivity contribution in [3.63, 3.8) is 0 Å². The molecule has 2 aromatic rings. The average molecular weight is 304 g/mol. The zero-order chi connectivity index (χ0) is 15.9. The number of aromatic hydroxyl groups is 1. The summed E-state index contributed by atoms with van der Waals surface area (Å²) in [5.41, 5.74) is -4.66. The summed E-state index contributed by atoms with van der Waals surface area (Å²) in [5, 5.41) is 9.07. The van der Waals surface area contributed by atoms with E-state index in [0.717, 1.165) is 19.2 Å². The van der Waals surface area contributed by atoms with Crippen LogP contribution in [0.5, 0.6) is 5.75 Å². The van der Waals surface area contributed by atoms with Gasteiger partial charge in [-0.3, -0.25) is 9.36 Å². The highest BCUT2D eigenvalue weighted by Crippen LogP contribution is 2.27. The van der Waals surface area contributed by atoms with E-state index in [1.165, 1.54) is 0 Å². The van der Waals surface area contributed by atoms with E-state index in [1.54, 1.807) is 0 Å². The van der Waals surface area contributed by atoms with Gasteiger partial charge in [-0.05, 0) is 12.1 Å². The van der Waals surface area contributed by atoms with Gasteiger partial charge in [0.05, 0.1) is 5.69 Å². The molecule has 112 valence electrons. The number of hydrogen-bond donors (Lipinski definition) is 1. The molecule has 0 atom stereocenters. The molecule has 0 amide bonds. The Balaban J connectivity index is 2.82. The molecule has 21 heavy (non-hydrogen) atoms. The van der Waals surface area contributed by atoms with Gasteiger partial charge in [0.1, 0.15) is 11.4 Å². The van der Waals surface area contributed by atoms with Crippen LogP contribution in [0.3, 0.4) is 0 Å². The Morgan fingerprint density at radius 2 is 1.76 bits per heavy atom. The molecular weight excluding hydrogens is 296 g/mol. The van der Waals surface area contributed by atoms with Crippen molar-refractivity contribution >= 4 is 0 Å². The predicted octanol–water partition coefficient (Wildman–Crippen LogP) is 1.40. The highest BCUT2D eigenvalue weighted by atomic mass is 19.4. The second kappa shape index (κ2) is 4.76. The van der Waals surface area contributed by atoms with Crippen molar-refractivity contribution in [1.29, 1.82) is 0 Å². The number of benzene rings is 1. The van der Waals surface area contributed by atoms with E-state index in [0.29, 0.717) is 6.07 Å². The fraction of sp³-hybridized carbons (Fsp3) is 0.167. The quantitative estimate of drug-likeness (QED) is 0.810. The van der Waals surface area contributed by atoms with Crippen molar-refractivity contribution in [1.82, 2.24) is 9.13 Å². The molecule has 5 nitrogen and oxygen atoms in total. The fourth-order valence-electron chi connectivity index (χ4n) is 1.80. The Morgan fingerprint density at radius 3 is 2.29 bits per heavy atom. The van der Waals surface area contributed by atoms with Crippen LogP contribution in [0, 0.1) is 5.82 Å². The highest BCUT2D eigenvalue weighted by molar-refractivity contribution is 5.38. The summed E-state index contributed by atoms with van der Waals surface area (Å²) >= 11 is 0. The maximum Gasteiger partial charge on any atom is 0.431 e. The molecule has 0 radical (unpaired) electrons. The van der Waals surface area contributed by atoms with Crippen molar-refractivity contribution in [2.24, 2.45) is 7.05 Å². The number of halogens is 4. The van der Waals surface area contributed by atoms with Crippen LogP contribution in [-0.4, -0.2) is 14.2 Å². The van der Waals surface area contributed by atoms with Gasteiger partial charge in [-0.2, -0.15) is 13.2 Å². The molecule has 9 heteroatoms. The van der Waals surface area contributed by atoms with Gasteiger partial charge in [-0.25, -0.2) is 13.8 Å². The number of nitrogens with zero attached hydrogens (tertiary/aromatic N) is 2. The van der Waals surface area contributed by atoms with Gasteiger partial charge >= 0.3 is 11.9 Å². The van der Waals surface area contributed by atoms with Crippen LogP contribution in [0.2, 0.25) is 0 Å². The van der Waals surface area contributed by atoms with E-state index in [4.69, 9.17) is 5.11 Å². The summed E-state index contributed by atoms with van der Waals surface area (Å²) in [6, 6.07) is 2.76. The van der Waals surface area contributed by atoms with Crippen LogP contribution in [0.25, 0.3) is 5.69 Å². The minimum atomic E-state index is -4.89. The molecule has 1 aromatic heterocycles. The normalized spacial score (nSPS) is 11.7. The third-order valence-electron chi connectivity index (χ3n) is 2.78. The van der Waals surface area contributed by atoms with Crippen LogP contribution < -0.4 is 11.2 Å². The zero-order valence-corrected chi connectivity index (χ0v) is 10.5. The number of phenolic OH excluding ortho intramolecular Hbond substituents is 1. The monoisotopic (exact) mass is 304 g/mol. The van der Waals surface area contributed by atoms with E-state index >= 15 is 0 Å². The molecule has 0 aliphatic rings. The maximum absolute atomic E-state index is 13.7. The second-order valence-electron chi connectivity index (χ2n) is 4.18. The number of rotatable bonds is 1. The molecule has 0 saturated heterocycles. The van der Waals surface area contributed by atoms with Gasteiger partial charge in [-0.1, -0.05) is 0 Å². The molecule has 1 heterocycles. The van der Waals surface area contributed by atoms with E-state index in [2.05, 4.69) is 0 Å². The lowest BCUT2D eigenvalue weighted by Gasteiger charge is -2.14. The van der Waals surface area contributed by atoms with Crippen molar-refractivity contribution in [3.05, 3.63) is 56.6 Å². The lowest BCUT2D eigenvalue weighted by atomic mass is 10.2. The molecule has 0 fully saturated rings. The van der Waals surface area contributed by atoms with Crippen molar-refractivity contribution in [2.45, 2.75) is 6.18 Å². The summed E-state index contributed by atoms with van der Waals surface area (Å²) in [4.78, 5) is 23.6. The number of hydrogen-bond acceptors (Lipinski definition) is 3. The molecule has 0 aliphatic carbocycles. The van der Waals surface area contributed by atoms with Crippen LogP contribution >= 0.6 is 0 Å². The Labute approximate surface area is 114 Å². The van der Waals surface area contributed by atoms with Crippen molar-refractivity contribution in [2.75, 3.05) is 0 Å². The third kappa shape index (κ3) is 2.54. The lowest BCUT2D eigenvalue weighted by molar-refractivity contribution is -0.144. The van der Waals surface area contributed by atoms with E-state index in [-0.39, 0.29) is 15.2 Å². The van der Waals surface area contributed by atoms with Crippen LogP contribution in [-0.2, 0) is 13.2 Å². The standard InChI is InChI=1S/C12H8F4N2O3/c1-17-9(12(14,15)16)5-10(20)18(11(17)21)8-3-2-6(19)4-7(8)13/h2-5,19H,1H3. The van der Waals surface area contributed by atoms with Gasteiger partial charge in [-0.15, -0.1) is 0 Å². The first-order chi connectivity index (χ1) is 9.62. The summed E-state index contributed by atoms with van der Waals surface area (Å²) in [6.07, 6.45) is -4.89. The number of aromatic nitrogens is 2. The minimum Gasteiger partial charge on any atom is -0.508 e. The molecule has 0 saturated carbocycles. The smallest absolute Gasteiger partial charge is 0.431 e. The van der Waals surface area contributed by atoms with Crippen LogP contribution in [0.4, 0.5) is 17.6 Å². The minimum absolute atomic E-state index is 0.202. The van der Waals surface area contributed by atoms with Gasteiger partial charge in [0, 0.05) is 19.2 Å². The Kier molecular flexibility index (Phi) is 3.36. The van der Waals surface area contributed by atoms with E-state index in [1.807, 2.05) is 0 Å². The van der Waals surface area contributed by atoms with Crippen LogP contribution in [0.15, 0.2) is 33.9 Å². The van der Waals surface area contributed by atoms with Crippen LogP contribution in [0.1, 0.15) is 5.69 Å². The van der Waals surface area contributed by atoms with E-state index in [9.17, 15) is 27.2 Å². The van der Waals surface area contributed by atoms with Crippen molar-refractivity contribution < 1.29 is 22.7 Å². The summed E-state index contributed by atoms with van der Waals surface area (Å²) in [6.45, 7) is 0. The van der Waals surface area contributed by atoms with Gasteiger partial charge in [0.25, 0.3) is 5.56 Å². The molecule has 0 bridgehead atoms. The molecule has 0 aliphatic heterocycles. The Morgan fingerprint density at radius 1 is 1.14 bits per heavy atom. The molecule has 2 rings (SSSR count). The fourth-order valence-corrected chi connectivity index (χ4v) is 1.80. The predicted molar refractivity (Wildman–Crippen MR) is 63.9 cm³/mol. The number of alkyl halides is 3. The second-order valence-corrected chi connectivity index (χ2v) is 4.18. The maximum atomic E-state index is 13.7. The number of phenols is 1. The third-order valence-corrected chi connectivity index (χ3v) is 2.78. The molecule has 1 N–H and O–H groups in total.